The molecule has 1 aromatic heterocycles. The summed E-state index contributed by atoms with van der Waals surface area (Å²) < 4.78 is 42.1. The zero-order valence-corrected chi connectivity index (χ0v) is 15.7. The SMILES string of the molecule is Cn1ccc2cc(C(O)CNC(=O)C(=O)Nc3ccc(OC(F)(F)F)cc3)ccc21. The van der Waals surface area contributed by atoms with Crippen LogP contribution in [0.15, 0.2) is 54.7 Å². The van der Waals surface area contributed by atoms with Gasteiger partial charge in [-0.2, -0.15) is 0 Å². The van der Waals surface area contributed by atoms with Gasteiger partial charge in [0.25, 0.3) is 0 Å². The van der Waals surface area contributed by atoms with Crippen LogP contribution >= 0.6 is 0 Å². The summed E-state index contributed by atoms with van der Waals surface area (Å²) in [5.41, 5.74) is 1.68. The summed E-state index contributed by atoms with van der Waals surface area (Å²) in [4.78, 5) is 23.9. The van der Waals surface area contributed by atoms with E-state index in [0.29, 0.717) is 5.56 Å². The lowest BCUT2D eigenvalue weighted by atomic mass is 10.1. The maximum absolute atomic E-state index is 12.1. The Morgan fingerprint density at radius 3 is 2.47 bits per heavy atom. The summed E-state index contributed by atoms with van der Waals surface area (Å²) in [6, 6.07) is 11.6. The van der Waals surface area contributed by atoms with Crippen molar-refractivity contribution in [3.05, 3.63) is 60.3 Å². The van der Waals surface area contributed by atoms with Crippen LogP contribution in [-0.4, -0.2) is 34.4 Å². The highest BCUT2D eigenvalue weighted by atomic mass is 19.4. The Hall–Kier alpha value is -3.53. The molecule has 0 aliphatic heterocycles. The molecule has 30 heavy (non-hydrogen) atoms. The van der Waals surface area contributed by atoms with Crippen molar-refractivity contribution >= 4 is 28.4 Å². The number of amides is 2. The van der Waals surface area contributed by atoms with Crippen LogP contribution in [0.4, 0.5) is 18.9 Å². The lowest BCUT2D eigenvalue weighted by Gasteiger charge is -2.13. The van der Waals surface area contributed by atoms with Crippen molar-refractivity contribution in [3.8, 4) is 5.75 Å². The molecule has 0 aliphatic rings. The Labute approximate surface area is 169 Å². The number of carbonyl (C=O) groups excluding carboxylic acids is 2. The second kappa shape index (κ2) is 8.46. The van der Waals surface area contributed by atoms with E-state index < -0.39 is 30.0 Å². The largest absolute Gasteiger partial charge is 0.573 e. The maximum Gasteiger partial charge on any atom is 0.573 e. The minimum atomic E-state index is -4.82. The highest BCUT2D eigenvalue weighted by molar-refractivity contribution is 6.39. The summed E-state index contributed by atoms with van der Waals surface area (Å²) in [6.45, 7) is -0.192. The first-order chi connectivity index (χ1) is 14.1. The molecule has 10 heteroatoms. The Balaban J connectivity index is 1.52. The number of alkyl halides is 3. The van der Waals surface area contributed by atoms with Crippen LogP contribution in [-0.2, 0) is 16.6 Å². The van der Waals surface area contributed by atoms with E-state index in [0.717, 1.165) is 35.2 Å². The van der Waals surface area contributed by atoms with Gasteiger partial charge in [-0.1, -0.05) is 6.07 Å². The number of aryl methyl sites for hydroxylation is 1. The van der Waals surface area contributed by atoms with Crippen molar-refractivity contribution in [3.63, 3.8) is 0 Å². The third-order valence-electron chi connectivity index (χ3n) is 4.30. The summed E-state index contributed by atoms with van der Waals surface area (Å²) >= 11 is 0. The maximum atomic E-state index is 12.1. The number of nitrogens with zero attached hydrogens (tertiary/aromatic N) is 1. The fourth-order valence-electron chi connectivity index (χ4n) is 2.82. The van der Waals surface area contributed by atoms with Gasteiger partial charge in [-0.05, 0) is 53.4 Å². The number of rotatable bonds is 5. The zero-order valence-electron chi connectivity index (χ0n) is 15.7. The lowest BCUT2D eigenvalue weighted by Crippen LogP contribution is -2.37. The van der Waals surface area contributed by atoms with Gasteiger partial charge in [-0.25, -0.2) is 0 Å². The number of carbonyl (C=O) groups is 2. The van der Waals surface area contributed by atoms with Crippen LogP contribution in [0.25, 0.3) is 10.9 Å². The van der Waals surface area contributed by atoms with Crippen molar-refractivity contribution in [2.75, 3.05) is 11.9 Å². The molecule has 7 nitrogen and oxygen atoms in total. The second-order valence-corrected chi connectivity index (χ2v) is 6.50. The molecule has 0 bridgehead atoms. The zero-order chi connectivity index (χ0) is 21.9. The van der Waals surface area contributed by atoms with Gasteiger partial charge in [0.2, 0.25) is 0 Å². The molecule has 0 fully saturated rings. The van der Waals surface area contributed by atoms with Crippen molar-refractivity contribution in [2.24, 2.45) is 7.05 Å². The smallest absolute Gasteiger partial charge is 0.406 e. The molecule has 1 heterocycles. The van der Waals surface area contributed by atoms with Gasteiger partial charge >= 0.3 is 18.2 Å². The van der Waals surface area contributed by atoms with Crippen molar-refractivity contribution in [1.82, 2.24) is 9.88 Å². The third-order valence-corrected chi connectivity index (χ3v) is 4.30. The molecule has 0 aliphatic carbocycles. The van der Waals surface area contributed by atoms with Crippen LogP contribution in [0.1, 0.15) is 11.7 Å². The van der Waals surface area contributed by atoms with Gasteiger partial charge in [0, 0.05) is 31.0 Å². The van der Waals surface area contributed by atoms with Crippen LogP contribution < -0.4 is 15.4 Å². The van der Waals surface area contributed by atoms with Crippen LogP contribution in [0.5, 0.6) is 5.75 Å². The molecule has 2 amide bonds. The molecule has 1 atom stereocenters. The fraction of sp³-hybridized carbons (Fsp3) is 0.200. The highest BCUT2D eigenvalue weighted by Crippen LogP contribution is 2.24. The number of hydrogen-bond acceptors (Lipinski definition) is 4. The van der Waals surface area contributed by atoms with Gasteiger partial charge in [0.05, 0.1) is 6.10 Å². The first-order valence-corrected chi connectivity index (χ1v) is 8.80. The number of aliphatic hydroxyl groups is 1. The van der Waals surface area contributed by atoms with Crippen molar-refractivity contribution in [1.29, 1.82) is 0 Å². The van der Waals surface area contributed by atoms with E-state index in [1.54, 1.807) is 12.1 Å². The average molecular weight is 421 g/mol. The molecular formula is C20H18F3N3O4. The van der Waals surface area contributed by atoms with Crippen LogP contribution in [0.2, 0.25) is 0 Å². The molecule has 0 saturated carbocycles. The number of ether oxygens (including phenoxy) is 1. The number of nitrogens with one attached hydrogen (secondary N) is 2. The van der Waals surface area contributed by atoms with Gasteiger partial charge in [0.15, 0.2) is 0 Å². The molecule has 0 radical (unpaired) electrons. The topological polar surface area (TPSA) is 92.6 Å². The van der Waals surface area contributed by atoms with E-state index in [1.807, 2.05) is 29.9 Å². The normalized spacial score (nSPS) is 12.4. The molecular weight excluding hydrogens is 403 g/mol. The van der Waals surface area contributed by atoms with E-state index in [1.165, 1.54) is 0 Å². The molecule has 3 rings (SSSR count). The number of aliphatic hydroxyl groups excluding tert-OH is 1. The number of anilines is 1. The summed E-state index contributed by atoms with van der Waals surface area (Å²) in [7, 11) is 1.90. The molecule has 3 N–H and O–H groups in total. The van der Waals surface area contributed by atoms with Gasteiger partial charge in [0.1, 0.15) is 5.75 Å². The van der Waals surface area contributed by atoms with E-state index in [9.17, 15) is 27.9 Å². The standard InChI is InChI=1S/C20H18F3N3O4/c1-26-9-8-12-10-13(2-7-16(12)26)17(27)11-24-18(28)19(29)25-14-3-5-15(6-4-14)30-20(21,22)23/h2-10,17,27H,11H2,1H3,(H,24,28)(H,25,29). The minimum Gasteiger partial charge on any atom is -0.406 e. The second-order valence-electron chi connectivity index (χ2n) is 6.50. The first kappa shape index (κ1) is 21.2. The first-order valence-electron chi connectivity index (χ1n) is 8.80. The van der Waals surface area contributed by atoms with Crippen LogP contribution in [0, 0.1) is 0 Å². The van der Waals surface area contributed by atoms with Crippen LogP contribution in [0.3, 0.4) is 0 Å². The molecule has 2 aromatic carbocycles. The van der Waals surface area contributed by atoms with Gasteiger partial charge < -0.3 is 25.0 Å². The molecule has 1 unspecified atom stereocenters. The average Bonchev–Trinajstić information content (AvgIpc) is 3.06. The number of fused-ring (bicyclic) bond motifs is 1. The van der Waals surface area contributed by atoms with Gasteiger partial charge in [-0.15, -0.1) is 13.2 Å². The highest BCUT2D eigenvalue weighted by Gasteiger charge is 2.31. The van der Waals surface area contributed by atoms with E-state index in [2.05, 4.69) is 15.4 Å². The summed E-state index contributed by atoms with van der Waals surface area (Å²) in [6.07, 6.45) is -3.96. The molecule has 3 aromatic rings. The van der Waals surface area contributed by atoms with E-state index >= 15 is 0 Å². The number of hydrogen-bond donors (Lipinski definition) is 3. The summed E-state index contributed by atoms with van der Waals surface area (Å²) in [5.74, 6) is -2.47. The molecule has 0 saturated heterocycles. The quantitative estimate of drug-likeness (QED) is 0.553. The minimum absolute atomic E-state index is 0.111. The predicted molar refractivity (Wildman–Crippen MR) is 103 cm³/mol. The third kappa shape index (κ3) is 5.29. The lowest BCUT2D eigenvalue weighted by molar-refractivity contribution is -0.274. The fourth-order valence-corrected chi connectivity index (χ4v) is 2.82. The number of benzene rings is 2. The van der Waals surface area contributed by atoms with Crippen molar-refractivity contribution in [2.45, 2.75) is 12.5 Å². The van der Waals surface area contributed by atoms with Gasteiger partial charge in [-0.3, -0.25) is 9.59 Å². The molecule has 158 valence electrons. The Morgan fingerprint density at radius 2 is 1.80 bits per heavy atom. The molecule has 0 spiro atoms. The predicted octanol–water partition coefficient (Wildman–Crippen LogP) is 2.87. The van der Waals surface area contributed by atoms with Crippen molar-refractivity contribution < 1.29 is 32.6 Å². The number of halogens is 3. The monoisotopic (exact) mass is 421 g/mol. The Bertz CT molecular complexity index is 1060. The van der Waals surface area contributed by atoms with E-state index in [-0.39, 0.29) is 12.2 Å². The summed E-state index contributed by atoms with van der Waals surface area (Å²) in [5, 5.41) is 15.8. The Kier molecular flexibility index (Phi) is 5.97. The Morgan fingerprint density at radius 1 is 1.10 bits per heavy atom. The number of aromatic nitrogens is 1. The van der Waals surface area contributed by atoms with E-state index in [4.69, 9.17) is 0 Å².